The maximum atomic E-state index is 12.6. The van der Waals surface area contributed by atoms with E-state index in [4.69, 9.17) is 5.11 Å². The number of hydrogen-bond donors (Lipinski definition) is 1. The molecular formula is C18H16O4S. The Bertz CT molecular complexity index is 683. The van der Waals surface area contributed by atoms with Crippen molar-refractivity contribution in [1.82, 2.24) is 0 Å². The first-order chi connectivity index (χ1) is 11.1. The maximum absolute atomic E-state index is 12.6. The molecule has 0 aliphatic rings. The molecule has 0 spiro atoms. The van der Waals surface area contributed by atoms with E-state index in [0.717, 1.165) is 11.8 Å². The van der Waals surface area contributed by atoms with Gasteiger partial charge in [0.2, 0.25) is 0 Å². The normalized spacial score (nSPS) is 11.7. The Morgan fingerprint density at radius 1 is 0.870 bits per heavy atom. The first-order valence-corrected chi connectivity index (χ1v) is 8.13. The lowest BCUT2D eigenvalue weighted by molar-refractivity contribution is -0.133. The molecule has 0 heterocycles. The van der Waals surface area contributed by atoms with Crippen molar-refractivity contribution in [3.63, 3.8) is 0 Å². The van der Waals surface area contributed by atoms with Gasteiger partial charge in [0.1, 0.15) is 0 Å². The van der Waals surface area contributed by atoms with E-state index in [-0.39, 0.29) is 23.7 Å². The van der Waals surface area contributed by atoms with Crippen molar-refractivity contribution in [3.05, 3.63) is 71.8 Å². The minimum absolute atomic E-state index is 0.0182. The highest BCUT2D eigenvalue weighted by Crippen LogP contribution is 2.22. The van der Waals surface area contributed by atoms with Gasteiger partial charge >= 0.3 is 5.97 Å². The van der Waals surface area contributed by atoms with E-state index in [9.17, 15) is 14.4 Å². The summed E-state index contributed by atoms with van der Waals surface area (Å²) in [6, 6.07) is 17.3. The van der Waals surface area contributed by atoms with Crippen LogP contribution in [0.4, 0.5) is 0 Å². The van der Waals surface area contributed by atoms with Crippen LogP contribution in [0.25, 0.3) is 0 Å². The number of ketones is 2. The molecule has 1 atom stereocenters. The molecule has 0 saturated heterocycles. The summed E-state index contributed by atoms with van der Waals surface area (Å²) in [6.07, 6.45) is -0.0182. The first kappa shape index (κ1) is 17.0. The molecule has 2 aromatic carbocycles. The highest BCUT2D eigenvalue weighted by atomic mass is 32.2. The second kappa shape index (κ2) is 8.29. The number of thioether (sulfide) groups is 1. The number of Topliss-reactive ketones (excluding diaryl/α,β-unsaturated/α-hetero) is 2. The molecule has 2 rings (SSSR count). The maximum Gasteiger partial charge on any atom is 0.313 e. The van der Waals surface area contributed by atoms with E-state index >= 15 is 0 Å². The summed E-state index contributed by atoms with van der Waals surface area (Å²) in [7, 11) is 0. The lowest BCUT2D eigenvalue weighted by atomic mass is 10.0. The molecule has 0 radical (unpaired) electrons. The zero-order valence-corrected chi connectivity index (χ0v) is 13.2. The van der Waals surface area contributed by atoms with E-state index in [2.05, 4.69) is 0 Å². The molecule has 0 saturated carbocycles. The Morgan fingerprint density at radius 3 is 1.91 bits per heavy atom. The number of carbonyl (C=O) groups is 3. The summed E-state index contributed by atoms with van der Waals surface area (Å²) in [5.41, 5.74) is 1.01. The number of hydrogen-bond acceptors (Lipinski definition) is 4. The summed E-state index contributed by atoms with van der Waals surface area (Å²) in [5, 5.41) is 8.14. The Balaban J connectivity index is 2.15. The van der Waals surface area contributed by atoms with Gasteiger partial charge in [0, 0.05) is 17.5 Å². The molecule has 2 aromatic rings. The van der Waals surface area contributed by atoms with Crippen LogP contribution in [0.2, 0.25) is 0 Å². The van der Waals surface area contributed by atoms with Crippen LogP contribution in [0.3, 0.4) is 0 Å². The number of aliphatic carboxylic acids is 1. The molecule has 0 amide bonds. The molecule has 0 aliphatic heterocycles. The molecule has 0 bridgehead atoms. The SMILES string of the molecule is O=C(O)CS[C@H](CC(=O)c1ccccc1)C(=O)c1ccccc1. The van der Waals surface area contributed by atoms with Crippen LogP contribution in [0, 0.1) is 0 Å². The number of carboxylic acid groups (broad SMARTS) is 1. The minimum Gasteiger partial charge on any atom is -0.481 e. The molecule has 118 valence electrons. The topological polar surface area (TPSA) is 71.4 Å². The summed E-state index contributed by atoms with van der Waals surface area (Å²) in [5.74, 6) is -1.61. The summed E-state index contributed by atoms with van der Waals surface area (Å²) < 4.78 is 0. The Hall–Kier alpha value is -2.40. The van der Waals surface area contributed by atoms with Crippen LogP contribution in [0.15, 0.2) is 60.7 Å². The lowest BCUT2D eigenvalue weighted by Gasteiger charge is -2.14. The monoisotopic (exact) mass is 328 g/mol. The van der Waals surface area contributed by atoms with Crippen molar-refractivity contribution in [2.24, 2.45) is 0 Å². The van der Waals surface area contributed by atoms with Crippen LogP contribution in [-0.4, -0.2) is 33.6 Å². The molecule has 23 heavy (non-hydrogen) atoms. The minimum atomic E-state index is -1.01. The Morgan fingerprint density at radius 2 is 1.39 bits per heavy atom. The Kier molecular flexibility index (Phi) is 6.11. The second-order valence-electron chi connectivity index (χ2n) is 4.92. The van der Waals surface area contributed by atoms with Gasteiger partial charge in [-0.15, -0.1) is 11.8 Å². The molecule has 0 unspecified atom stereocenters. The number of rotatable bonds is 8. The van der Waals surface area contributed by atoms with Crippen LogP contribution in [0.5, 0.6) is 0 Å². The van der Waals surface area contributed by atoms with Gasteiger partial charge in [0.25, 0.3) is 0 Å². The average molecular weight is 328 g/mol. The molecule has 4 nitrogen and oxygen atoms in total. The van der Waals surface area contributed by atoms with E-state index in [1.807, 2.05) is 6.07 Å². The average Bonchev–Trinajstić information content (AvgIpc) is 2.59. The highest BCUT2D eigenvalue weighted by molar-refractivity contribution is 8.01. The summed E-state index contributed by atoms with van der Waals surface area (Å²) >= 11 is 0.986. The molecular weight excluding hydrogens is 312 g/mol. The third-order valence-corrected chi connectivity index (χ3v) is 4.42. The molecule has 0 aliphatic carbocycles. The first-order valence-electron chi connectivity index (χ1n) is 7.09. The number of benzene rings is 2. The number of carboxylic acids is 1. The third kappa shape index (κ3) is 5.07. The van der Waals surface area contributed by atoms with Crippen molar-refractivity contribution in [3.8, 4) is 0 Å². The fraction of sp³-hybridized carbons (Fsp3) is 0.167. The van der Waals surface area contributed by atoms with Gasteiger partial charge in [-0.3, -0.25) is 14.4 Å². The molecule has 1 N–H and O–H groups in total. The van der Waals surface area contributed by atoms with Gasteiger partial charge in [0.15, 0.2) is 11.6 Å². The van der Waals surface area contributed by atoms with Gasteiger partial charge in [-0.2, -0.15) is 0 Å². The predicted molar refractivity (Wildman–Crippen MR) is 90.0 cm³/mol. The van der Waals surface area contributed by atoms with Crippen LogP contribution in [-0.2, 0) is 4.79 Å². The van der Waals surface area contributed by atoms with Gasteiger partial charge in [-0.25, -0.2) is 0 Å². The fourth-order valence-corrected chi connectivity index (χ4v) is 3.00. The molecule has 0 aromatic heterocycles. The van der Waals surface area contributed by atoms with E-state index in [1.54, 1.807) is 54.6 Å². The predicted octanol–water partition coefficient (Wildman–Crippen LogP) is 3.33. The summed E-state index contributed by atoms with van der Waals surface area (Å²) in [6.45, 7) is 0. The van der Waals surface area contributed by atoms with E-state index < -0.39 is 11.2 Å². The van der Waals surface area contributed by atoms with Gasteiger partial charge in [-0.1, -0.05) is 60.7 Å². The van der Waals surface area contributed by atoms with Crippen molar-refractivity contribution >= 4 is 29.3 Å². The largest absolute Gasteiger partial charge is 0.481 e. The van der Waals surface area contributed by atoms with Crippen molar-refractivity contribution in [2.45, 2.75) is 11.7 Å². The van der Waals surface area contributed by atoms with Crippen molar-refractivity contribution in [2.75, 3.05) is 5.75 Å². The Labute approximate surface area is 138 Å². The fourth-order valence-electron chi connectivity index (χ4n) is 2.10. The standard InChI is InChI=1S/C18H16O4S/c19-15(13-7-3-1-4-8-13)11-16(23-12-17(20)21)18(22)14-9-5-2-6-10-14/h1-10,16H,11-12H2,(H,20,21)/t16-/m1/s1. The quantitative estimate of drug-likeness (QED) is 0.753. The lowest BCUT2D eigenvalue weighted by Crippen LogP contribution is -2.23. The zero-order valence-electron chi connectivity index (χ0n) is 12.3. The molecule has 5 heteroatoms. The van der Waals surface area contributed by atoms with E-state index in [0.29, 0.717) is 11.1 Å². The zero-order chi connectivity index (χ0) is 16.7. The second-order valence-corrected chi connectivity index (χ2v) is 6.11. The van der Waals surface area contributed by atoms with Gasteiger partial charge in [-0.05, 0) is 0 Å². The third-order valence-electron chi connectivity index (χ3n) is 3.23. The summed E-state index contributed by atoms with van der Waals surface area (Å²) in [4.78, 5) is 35.7. The molecule has 0 fully saturated rings. The van der Waals surface area contributed by atoms with Crippen LogP contribution < -0.4 is 0 Å². The smallest absolute Gasteiger partial charge is 0.313 e. The highest BCUT2D eigenvalue weighted by Gasteiger charge is 2.25. The number of carbonyl (C=O) groups excluding carboxylic acids is 2. The van der Waals surface area contributed by atoms with Gasteiger partial charge < -0.3 is 5.11 Å². The van der Waals surface area contributed by atoms with Gasteiger partial charge in [0.05, 0.1) is 11.0 Å². The van der Waals surface area contributed by atoms with E-state index in [1.165, 1.54) is 0 Å². The van der Waals surface area contributed by atoms with Crippen LogP contribution in [0.1, 0.15) is 27.1 Å². The van der Waals surface area contributed by atoms with Crippen molar-refractivity contribution in [1.29, 1.82) is 0 Å². The van der Waals surface area contributed by atoms with Crippen molar-refractivity contribution < 1.29 is 19.5 Å². The van der Waals surface area contributed by atoms with Crippen LogP contribution >= 0.6 is 11.8 Å².